The Labute approximate surface area is 217 Å². The van der Waals surface area contributed by atoms with Crippen LogP contribution in [0, 0.1) is 0 Å². The van der Waals surface area contributed by atoms with Crippen LogP contribution in [-0.4, -0.2) is 36.0 Å². The molecule has 0 radical (unpaired) electrons. The number of benzene rings is 3. The first-order valence-corrected chi connectivity index (χ1v) is 12.5. The number of nitrogens with one attached hydrogen (secondary N) is 2. The van der Waals surface area contributed by atoms with Crippen molar-refractivity contribution in [3.63, 3.8) is 0 Å². The second kappa shape index (κ2) is 12.0. The van der Waals surface area contributed by atoms with Gasteiger partial charge in [0, 0.05) is 17.8 Å². The van der Waals surface area contributed by atoms with Gasteiger partial charge in [-0.2, -0.15) is 0 Å². The predicted octanol–water partition coefficient (Wildman–Crippen LogP) is 5.78. The standard InChI is InChI=1S/C30H31N3O4/c1-3-5-19-33-27(21-13-8-6-9-14-21)25(29(35)37-4-2)26(32-30(33)36)23-17-12-18-24(20-23)31-28(34)22-15-10-7-11-16-22/h6-18,20,26H,3-5,19H2,1-2H3,(H,31,34)(H,32,36). The van der Waals surface area contributed by atoms with Crippen LogP contribution >= 0.6 is 0 Å². The molecular formula is C30H31N3O4. The zero-order valence-electron chi connectivity index (χ0n) is 21.1. The summed E-state index contributed by atoms with van der Waals surface area (Å²) in [7, 11) is 0. The van der Waals surface area contributed by atoms with Crippen LogP contribution in [0.1, 0.15) is 54.2 Å². The summed E-state index contributed by atoms with van der Waals surface area (Å²) in [4.78, 5) is 41.2. The fourth-order valence-corrected chi connectivity index (χ4v) is 4.36. The SMILES string of the molecule is CCCCN1C(=O)NC(c2cccc(NC(=O)c3ccccc3)c2)C(C(=O)OCC)=C1c1ccccc1. The first-order chi connectivity index (χ1) is 18.0. The van der Waals surface area contributed by atoms with Gasteiger partial charge in [-0.05, 0) is 48.7 Å². The van der Waals surface area contributed by atoms with Crippen molar-refractivity contribution in [2.45, 2.75) is 32.7 Å². The Hall–Kier alpha value is -4.39. The Morgan fingerprint density at radius 1 is 0.946 bits per heavy atom. The van der Waals surface area contributed by atoms with E-state index in [1.807, 2.05) is 42.5 Å². The average molecular weight is 498 g/mol. The summed E-state index contributed by atoms with van der Waals surface area (Å²) in [5.74, 6) is -0.742. The third-order valence-corrected chi connectivity index (χ3v) is 6.12. The second-order valence-electron chi connectivity index (χ2n) is 8.68. The van der Waals surface area contributed by atoms with Crippen molar-refractivity contribution in [1.82, 2.24) is 10.2 Å². The number of rotatable bonds is 9. The number of carbonyl (C=O) groups is 3. The predicted molar refractivity (Wildman–Crippen MR) is 144 cm³/mol. The van der Waals surface area contributed by atoms with Crippen molar-refractivity contribution < 1.29 is 19.1 Å². The molecule has 0 saturated carbocycles. The van der Waals surface area contributed by atoms with E-state index < -0.39 is 12.0 Å². The van der Waals surface area contributed by atoms with Gasteiger partial charge in [0.1, 0.15) is 0 Å². The van der Waals surface area contributed by atoms with Gasteiger partial charge in [-0.1, -0.05) is 74.0 Å². The normalized spacial score (nSPS) is 15.2. The third kappa shape index (κ3) is 5.89. The molecular weight excluding hydrogens is 466 g/mol. The summed E-state index contributed by atoms with van der Waals surface area (Å²) >= 11 is 0. The van der Waals surface area contributed by atoms with E-state index >= 15 is 0 Å². The second-order valence-corrected chi connectivity index (χ2v) is 8.68. The number of anilines is 1. The van der Waals surface area contributed by atoms with E-state index in [1.165, 1.54) is 0 Å². The topological polar surface area (TPSA) is 87.7 Å². The Morgan fingerprint density at radius 3 is 2.32 bits per heavy atom. The monoisotopic (exact) mass is 497 g/mol. The van der Waals surface area contributed by atoms with Gasteiger partial charge in [-0.25, -0.2) is 9.59 Å². The minimum Gasteiger partial charge on any atom is -0.463 e. The van der Waals surface area contributed by atoms with Gasteiger partial charge in [0.05, 0.1) is 23.9 Å². The summed E-state index contributed by atoms with van der Waals surface area (Å²) < 4.78 is 5.48. The summed E-state index contributed by atoms with van der Waals surface area (Å²) in [5, 5.41) is 5.91. The number of carbonyl (C=O) groups excluding carboxylic acids is 3. The van der Waals surface area contributed by atoms with Gasteiger partial charge < -0.3 is 15.4 Å². The van der Waals surface area contributed by atoms with Crippen molar-refractivity contribution >= 4 is 29.3 Å². The lowest BCUT2D eigenvalue weighted by Gasteiger charge is -2.37. The van der Waals surface area contributed by atoms with E-state index in [0.717, 1.165) is 18.4 Å². The molecule has 1 aliphatic heterocycles. The molecule has 0 spiro atoms. The molecule has 3 amide bonds. The third-order valence-electron chi connectivity index (χ3n) is 6.12. The fourth-order valence-electron chi connectivity index (χ4n) is 4.36. The summed E-state index contributed by atoms with van der Waals surface area (Å²) in [6.45, 7) is 4.48. The van der Waals surface area contributed by atoms with Crippen molar-refractivity contribution in [1.29, 1.82) is 0 Å². The number of ether oxygens (including phenoxy) is 1. The molecule has 0 aromatic heterocycles. The van der Waals surface area contributed by atoms with Gasteiger partial charge in [-0.15, -0.1) is 0 Å². The van der Waals surface area contributed by atoms with Gasteiger partial charge >= 0.3 is 12.0 Å². The molecule has 2 N–H and O–H groups in total. The van der Waals surface area contributed by atoms with E-state index in [0.29, 0.717) is 34.6 Å². The molecule has 7 heteroatoms. The molecule has 1 heterocycles. The van der Waals surface area contributed by atoms with Crippen LogP contribution in [-0.2, 0) is 9.53 Å². The number of urea groups is 1. The van der Waals surface area contributed by atoms with Crippen molar-refractivity contribution in [3.05, 3.63) is 107 Å². The Balaban J connectivity index is 1.79. The van der Waals surface area contributed by atoms with Crippen molar-refractivity contribution in [3.8, 4) is 0 Å². The molecule has 7 nitrogen and oxygen atoms in total. The fraction of sp³-hybridized carbons (Fsp3) is 0.233. The number of nitrogens with zero attached hydrogens (tertiary/aromatic N) is 1. The van der Waals surface area contributed by atoms with Crippen LogP contribution in [0.3, 0.4) is 0 Å². The number of hydrogen-bond donors (Lipinski definition) is 2. The van der Waals surface area contributed by atoms with Gasteiger partial charge in [-0.3, -0.25) is 9.69 Å². The molecule has 3 aromatic carbocycles. The molecule has 0 aliphatic carbocycles. The van der Waals surface area contributed by atoms with Gasteiger partial charge in [0.2, 0.25) is 0 Å². The zero-order valence-corrected chi connectivity index (χ0v) is 21.1. The van der Waals surface area contributed by atoms with Crippen LogP contribution in [0.5, 0.6) is 0 Å². The molecule has 1 unspecified atom stereocenters. The molecule has 0 bridgehead atoms. The first kappa shape index (κ1) is 25.7. The molecule has 37 heavy (non-hydrogen) atoms. The Bertz CT molecular complexity index is 1290. The maximum Gasteiger partial charge on any atom is 0.338 e. The smallest absolute Gasteiger partial charge is 0.338 e. The number of amides is 3. The Kier molecular flexibility index (Phi) is 8.36. The largest absolute Gasteiger partial charge is 0.463 e. The lowest BCUT2D eigenvalue weighted by Crippen LogP contribution is -2.48. The molecule has 4 rings (SSSR count). The van der Waals surface area contributed by atoms with Gasteiger partial charge in [0.25, 0.3) is 5.91 Å². The first-order valence-electron chi connectivity index (χ1n) is 12.5. The van der Waals surface area contributed by atoms with E-state index in [2.05, 4.69) is 17.6 Å². The van der Waals surface area contributed by atoms with E-state index in [9.17, 15) is 14.4 Å². The van der Waals surface area contributed by atoms with Crippen LogP contribution < -0.4 is 10.6 Å². The van der Waals surface area contributed by atoms with Crippen LogP contribution in [0.15, 0.2) is 90.5 Å². The maximum atomic E-state index is 13.4. The minimum absolute atomic E-state index is 0.202. The summed E-state index contributed by atoms with van der Waals surface area (Å²) in [6.07, 6.45) is 1.68. The highest BCUT2D eigenvalue weighted by atomic mass is 16.5. The summed E-state index contributed by atoms with van der Waals surface area (Å²) in [5.41, 5.74) is 3.40. The summed E-state index contributed by atoms with van der Waals surface area (Å²) in [6, 6.07) is 24.5. The molecule has 0 fully saturated rings. The zero-order chi connectivity index (χ0) is 26.2. The molecule has 190 valence electrons. The number of unbranched alkanes of at least 4 members (excludes halogenated alkanes) is 1. The lowest BCUT2D eigenvalue weighted by molar-refractivity contribution is -0.138. The molecule has 1 atom stereocenters. The Morgan fingerprint density at radius 2 is 1.65 bits per heavy atom. The number of esters is 1. The average Bonchev–Trinajstić information content (AvgIpc) is 2.93. The highest BCUT2D eigenvalue weighted by Gasteiger charge is 2.38. The molecule has 3 aromatic rings. The molecule has 0 saturated heterocycles. The quantitative estimate of drug-likeness (QED) is 0.367. The van der Waals surface area contributed by atoms with Crippen molar-refractivity contribution in [2.24, 2.45) is 0 Å². The highest BCUT2D eigenvalue weighted by Crippen LogP contribution is 2.37. The van der Waals surface area contributed by atoms with Crippen molar-refractivity contribution in [2.75, 3.05) is 18.5 Å². The van der Waals surface area contributed by atoms with E-state index in [1.54, 1.807) is 54.3 Å². The van der Waals surface area contributed by atoms with E-state index in [-0.39, 0.29) is 18.5 Å². The van der Waals surface area contributed by atoms with E-state index in [4.69, 9.17) is 4.74 Å². The molecule has 1 aliphatic rings. The van der Waals surface area contributed by atoms with Crippen LogP contribution in [0.4, 0.5) is 10.5 Å². The maximum absolute atomic E-state index is 13.4. The van der Waals surface area contributed by atoms with Crippen LogP contribution in [0.25, 0.3) is 5.70 Å². The van der Waals surface area contributed by atoms with Gasteiger partial charge in [0.15, 0.2) is 0 Å². The highest BCUT2D eigenvalue weighted by molar-refractivity contribution is 6.05. The minimum atomic E-state index is -0.756. The lowest BCUT2D eigenvalue weighted by atomic mass is 9.91. The van der Waals surface area contributed by atoms with Crippen LogP contribution in [0.2, 0.25) is 0 Å². The number of hydrogen-bond acceptors (Lipinski definition) is 4.